The van der Waals surface area contributed by atoms with Crippen LogP contribution >= 0.6 is 11.6 Å². The van der Waals surface area contributed by atoms with Gasteiger partial charge in [0.1, 0.15) is 0 Å². The molecular weight excluding hydrogens is 280 g/mol. The zero-order chi connectivity index (χ0) is 15.4. The van der Waals surface area contributed by atoms with E-state index in [0.29, 0.717) is 12.1 Å². The molecule has 1 N–H and O–H groups in total. The normalized spacial score (nSPS) is 22.6. The van der Waals surface area contributed by atoms with E-state index < -0.39 is 0 Å². The Kier molecular flexibility index (Phi) is 5.95. The van der Waals surface area contributed by atoms with Gasteiger partial charge in [-0.3, -0.25) is 0 Å². The lowest BCUT2D eigenvalue weighted by Crippen LogP contribution is -2.35. The van der Waals surface area contributed by atoms with Gasteiger partial charge in [-0.1, -0.05) is 51.3 Å². The van der Waals surface area contributed by atoms with E-state index in [9.17, 15) is 0 Å². The van der Waals surface area contributed by atoms with Crippen molar-refractivity contribution in [3.63, 3.8) is 0 Å². The van der Waals surface area contributed by atoms with Crippen LogP contribution in [0.3, 0.4) is 0 Å². The van der Waals surface area contributed by atoms with Crippen LogP contribution in [0.4, 0.5) is 5.69 Å². The van der Waals surface area contributed by atoms with Crippen molar-refractivity contribution >= 4 is 17.3 Å². The van der Waals surface area contributed by atoms with Crippen LogP contribution < -0.4 is 10.2 Å². The van der Waals surface area contributed by atoms with E-state index in [1.54, 1.807) is 0 Å². The van der Waals surface area contributed by atoms with Gasteiger partial charge in [0.15, 0.2) is 0 Å². The molecule has 1 aromatic rings. The number of halogens is 1. The van der Waals surface area contributed by atoms with Crippen molar-refractivity contribution in [3.05, 3.63) is 28.8 Å². The van der Waals surface area contributed by atoms with Gasteiger partial charge in [-0.2, -0.15) is 0 Å². The molecule has 1 saturated carbocycles. The van der Waals surface area contributed by atoms with Crippen molar-refractivity contribution in [1.82, 2.24) is 5.32 Å². The molecule has 0 aromatic heterocycles. The molecule has 0 spiro atoms. The summed E-state index contributed by atoms with van der Waals surface area (Å²) < 4.78 is 0. The second kappa shape index (κ2) is 7.51. The molecule has 1 aliphatic rings. The van der Waals surface area contributed by atoms with E-state index in [1.165, 1.54) is 36.9 Å². The van der Waals surface area contributed by atoms with Crippen LogP contribution in [0, 0.1) is 5.92 Å². The number of nitrogens with one attached hydrogen (secondary N) is 1. The third-order valence-corrected chi connectivity index (χ3v) is 4.95. The number of anilines is 1. The highest BCUT2D eigenvalue weighted by molar-refractivity contribution is 6.31. The van der Waals surface area contributed by atoms with Crippen LogP contribution in [0.15, 0.2) is 18.2 Å². The largest absolute Gasteiger partial charge is 0.372 e. The molecule has 0 aliphatic heterocycles. The maximum atomic E-state index is 6.46. The van der Waals surface area contributed by atoms with Gasteiger partial charge in [0, 0.05) is 36.4 Å². The summed E-state index contributed by atoms with van der Waals surface area (Å²) >= 11 is 6.46. The van der Waals surface area contributed by atoms with Crippen molar-refractivity contribution in [2.45, 2.75) is 65.1 Å². The summed E-state index contributed by atoms with van der Waals surface area (Å²) in [6, 6.07) is 7.63. The van der Waals surface area contributed by atoms with Crippen LogP contribution in [0.5, 0.6) is 0 Å². The molecule has 0 heterocycles. The van der Waals surface area contributed by atoms with Crippen LogP contribution in [0.25, 0.3) is 0 Å². The van der Waals surface area contributed by atoms with Gasteiger partial charge in [0.2, 0.25) is 0 Å². The highest BCUT2D eigenvalue weighted by atomic mass is 35.5. The molecule has 21 heavy (non-hydrogen) atoms. The van der Waals surface area contributed by atoms with Crippen LogP contribution in [-0.4, -0.2) is 19.1 Å². The molecule has 2 atom stereocenters. The highest BCUT2D eigenvalue weighted by Gasteiger charge is 2.22. The molecular formula is C18H29ClN2. The fraction of sp³-hybridized carbons (Fsp3) is 0.667. The Labute approximate surface area is 134 Å². The summed E-state index contributed by atoms with van der Waals surface area (Å²) in [7, 11) is 2.21. The van der Waals surface area contributed by atoms with E-state index in [-0.39, 0.29) is 0 Å². The molecule has 2 rings (SSSR count). The first-order valence-electron chi connectivity index (χ1n) is 8.22. The van der Waals surface area contributed by atoms with Crippen LogP contribution in [-0.2, 0) is 6.54 Å². The molecule has 2 nitrogen and oxygen atoms in total. The third kappa shape index (κ3) is 4.62. The minimum Gasteiger partial charge on any atom is -0.372 e. The Bertz CT molecular complexity index is 459. The summed E-state index contributed by atoms with van der Waals surface area (Å²) in [5.41, 5.74) is 2.42. The number of hydrogen-bond acceptors (Lipinski definition) is 2. The van der Waals surface area contributed by atoms with Gasteiger partial charge in [0.05, 0.1) is 0 Å². The summed E-state index contributed by atoms with van der Waals surface area (Å²) in [5, 5.41) is 4.29. The molecule has 0 radical (unpaired) electrons. The fourth-order valence-corrected chi connectivity index (χ4v) is 3.42. The Hall–Kier alpha value is -0.730. The molecule has 1 aliphatic carbocycles. The first-order chi connectivity index (χ1) is 9.97. The molecule has 1 aromatic carbocycles. The Morgan fingerprint density at radius 1 is 1.33 bits per heavy atom. The zero-order valence-corrected chi connectivity index (χ0v) is 14.6. The summed E-state index contributed by atoms with van der Waals surface area (Å²) in [6.07, 6.45) is 5.32. The molecule has 1 fully saturated rings. The monoisotopic (exact) mass is 308 g/mol. The van der Waals surface area contributed by atoms with E-state index >= 15 is 0 Å². The topological polar surface area (TPSA) is 15.3 Å². The lowest BCUT2D eigenvalue weighted by molar-refractivity contribution is 0.336. The maximum Gasteiger partial charge on any atom is 0.0471 e. The standard InChI is InChI=1S/C18H29ClN2/c1-13(2)20-12-15-8-9-17(11-18(15)19)21(4)16-7-5-6-14(3)10-16/h8-9,11,13-14,16,20H,5-7,10,12H2,1-4H3. The van der Waals surface area contributed by atoms with Gasteiger partial charge >= 0.3 is 0 Å². The second-order valence-electron chi connectivity index (χ2n) is 6.85. The van der Waals surface area contributed by atoms with E-state index in [4.69, 9.17) is 11.6 Å². The lowest BCUT2D eigenvalue weighted by atomic mass is 9.86. The summed E-state index contributed by atoms with van der Waals surface area (Å²) in [4.78, 5) is 2.42. The Morgan fingerprint density at radius 2 is 2.10 bits per heavy atom. The average Bonchev–Trinajstić information content (AvgIpc) is 2.45. The SMILES string of the molecule is CC1CCCC(N(C)c2ccc(CNC(C)C)c(Cl)c2)C1. The van der Waals surface area contributed by atoms with Crippen molar-refractivity contribution in [3.8, 4) is 0 Å². The second-order valence-corrected chi connectivity index (χ2v) is 7.26. The minimum absolute atomic E-state index is 0.479. The van der Waals surface area contributed by atoms with E-state index in [0.717, 1.165) is 17.5 Å². The third-order valence-electron chi connectivity index (χ3n) is 4.60. The van der Waals surface area contributed by atoms with Crippen molar-refractivity contribution in [1.29, 1.82) is 0 Å². The van der Waals surface area contributed by atoms with E-state index in [2.05, 4.69) is 56.2 Å². The van der Waals surface area contributed by atoms with Crippen molar-refractivity contribution < 1.29 is 0 Å². The summed E-state index contributed by atoms with van der Waals surface area (Å²) in [6.45, 7) is 7.51. The van der Waals surface area contributed by atoms with Crippen molar-refractivity contribution in [2.75, 3.05) is 11.9 Å². The first kappa shape index (κ1) is 16.6. The average molecular weight is 309 g/mol. The maximum absolute atomic E-state index is 6.46. The molecule has 0 amide bonds. The molecule has 3 heteroatoms. The number of benzene rings is 1. The van der Waals surface area contributed by atoms with Crippen molar-refractivity contribution in [2.24, 2.45) is 5.92 Å². The quantitative estimate of drug-likeness (QED) is 0.836. The smallest absolute Gasteiger partial charge is 0.0471 e. The van der Waals surface area contributed by atoms with Gasteiger partial charge < -0.3 is 10.2 Å². The minimum atomic E-state index is 0.479. The van der Waals surface area contributed by atoms with Gasteiger partial charge in [-0.05, 0) is 36.5 Å². The number of nitrogens with zero attached hydrogens (tertiary/aromatic N) is 1. The Morgan fingerprint density at radius 3 is 2.71 bits per heavy atom. The fourth-order valence-electron chi connectivity index (χ4n) is 3.18. The van der Waals surface area contributed by atoms with Gasteiger partial charge in [-0.15, -0.1) is 0 Å². The Balaban J connectivity index is 2.04. The van der Waals surface area contributed by atoms with Gasteiger partial charge in [0.25, 0.3) is 0 Å². The van der Waals surface area contributed by atoms with E-state index in [1.807, 2.05) is 0 Å². The van der Waals surface area contributed by atoms with Crippen LogP contribution in [0.2, 0.25) is 5.02 Å². The molecule has 2 unspecified atom stereocenters. The van der Waals surface area contributed by atoms with Crippen LogP contribution in [0.1, 0.15) is 52.0 Å². The molecule has 0 bridgehead atoms. The zero-order valence-electron chi connectivity index (χ0n) is 13.8. The predicted octanol–water partition coefficient (Wildman–Crippen LogP) is 4.85. The number of hydrogen-bond donors (Lipinski definition) is 1. The summed E-state index contributed by atoms with van der Waals surface area (Å²) in [5.74, 6) is 0.844. The lowest BCUT2D eigenvalue weighted by Gasteiger charge is -2.35. The predicted molar refractivity (Wildman–Crippen MR) is 93.3 cm³/mol. The highest BCUT2D eigenvalue weighted by Crippen LogP contribution is 2.31. The number of rotatable bonds is 5. The molecule has 118 valence electrons. The molecule has 0 saturated heterocycles. The first-order valence-corrected chi connectivity index (χ1v) is 8.59. The van der Waals surface area contributed by atoms with Gasteiger partial charge in [-0.25, -0.2) is 0 Å².